The second-order valence-electron chi connectivity index (χ2n) is 7.55. The summed E-state index contributed by atoms with van der Waals surface area (Å²) in [4.78, 5) is 19.7. The van der Waals surface area contributed by atoms with E-state index in [2.05, 4.69) is 4.99 Å². The molecule has 0 saturated heterocycles. The lowest BCUT2D eigenvalue weighted by atomic mass is 10.1. The number of aliphatic imine (C=N–C) groups is 1. The first-order valence-corrected chi connectivity index (χ1v) is 11.3. The molecule has 1 aliphatic heterocycles. The van der Waals surface area contributed by atoms with Crippen molar-refractivity contribution in [2.75, 3.05) is 4.90 Å². The molecule has 1 aliphatic rings. The van der Waals surface area contributed by atoms with Crippen LogP contribution in [0.2, 0.25) is 10.0 Å². The molecule has 0 spiro atoms. The second-order valence-corrected chi connectivity index (χ2v) is 8.40. The quantitative estimate of drug-likeness (QED) is 0.273. The number of hydrogen-bond donors (Lipinski definition) is 0. The Morgan fingerprint density at radius 2 is 1.47 bits per heavy atom. The minimum atomic E-state index is -0.294. The predicted octanol–water partition coefficient (Wildman–Crippen LogP) is 7.62. The van der Waals surface area contributed by atoms with E-state index in [1.165, 1.54) is 4.90 Å². The minimum absolute atomic E-state index is 0.284. The standard InChI is InChI=1S/C28H18Cl2N2O2/c29-21-14-15-24(30)26(18-21)32-27(20-9-3-1-4-10-20)31-25(28(32)33)17-19-8-7-13-23(16-19)34-22-11-5-2-6-12-22/h1-18H/b25-17+. The zero-order valence-electron chi connectivity index (χ0n) is 17.9. The molecule has 0 saturated carbocycles. The molecule has 0 fully saturated rings. The topological polar surface area (TPSA) is 41.9 Å². The van der Waals surface area contributed by atoms with Gasteiger partial charge < -0.3 is 4.74 Å². The van der Waals surface area contributed by atoms with E-state index >= 15 is 0 Å². The van der Waals surface area contributed by atoms with Crippen LogP contribution in [0.1, 0.15) is 11.1 Å². The number of para-hydroxylation sites is 1. The molecule has 1 heterocycles. The molecule has 0 aromatic heterocycles. The smallest absolute Gasteiger partial charge is 0.282 e. The van der Waals surface area contributed by atoms with Gasteiger partial charge in [-0.1, -0.05) is 83.9 Å². The molecule has 4 nitrogen and oxygen atoms in total. The highest BCUT2D eigenvalue weighted by molar-refractivity contribution is 6.40. The minimum Gasteiger partial charge on any atom is -0.457 e. The van der Waals surface area contributed by atoms with Crippen LogP contribution in [0.5, 0.6) is 11.5 Å². The van der Waals surface area contributed by atoms with Gasteiger partial charge in [0.2, 0.25) is 0 Å². The highest BCUT2D eigenvalue weighted by Crippen LogP contribution is 2.35. The second kappa shape index (κ2) is 9.56. The van der Waals surface area contributed by atoms with E-state index in [0.29, 0.717) is 27.3 Å². The van der Waals surface area contributed by atoms with Gasteiger partial charge in [-0.3, -0.25) is 9.69 Å². The maximum absolute atomic E-state index is 13.5. The predicted molar refractivity (Wildman–Crippen MR) is 138 cm³/mol. The Morgan fingerprint density at radius 3 is 2.24 bits per heavy atom. The van der Waals surface area contributed by atoms with Gasteiger partial charge in [-0.15, -0.1) is 0 Å². The molecule has 4 aromatic carbocycles. The van der Waals surface area contributed by atoms with Crippen LogP contribution in [0, 0.1) is 0 Å². The number of anilines is 1. The molecule has 0 radical (unpaired) electrons. The van der Waals surface area contributed by atoms with Gasteiger partial charge in [0.25, 0.3) is 5.91 Å². The molecular formula is C28H18Cl2N2O2. The third-order valence-electron chi connectivity index (χ3n) is 5.18. The van der Waals surface area contributed by atoms with Crippen LogP contribution in [-0.2, 0) is 4.79 Å². The molecule has 166 valence electrons. The molecular weight excluding hydrogens is 467 g/mol. The van der Waals surface area contributed by atoms with Gasteiger partial charge in [-0.25, -0.2) is 4.99 Å². The summed E-state index contributed by atoms with van der Waals surface area (Å²) in [6, 6.07) is 31.5. The lowest BCUT2D eigenvalue weighted by molar-refractivity contribution is -0.113. The Labute approximate surface area is 207 Å². The van der Waals surface area contributed by atoms with Crippen molar-refractivity contribution in [3.8, 4) is 11.5 Å². The summed E-state index contributed by atoms with van der Waals surface area (Å²) >= 11 is 12.7. The number of rotatable bonds is 5. The van der Waals surface area contributed by atoms with Gasteiger partial charge in [0.15, 0.2) is 0 Å². The van der Waals surface area contributed by atoms with Crippen LogP contribution in [0.25, 0.3) is 6.08 Å². The number of amides is 1. The number of hydrogen-bond acceptors (Lipinski definition) is 3. The van der Waals surface area contributed by atoms with Crippen LogP contribution in [-0.4, -0.2) is 11.7 Å². The molecule has 34 heavy (non-hydrogen) atoms. The van der Waals surface area contributed by atoms with E-state index in [9.17, 15) is 4.79 Å². The zero-order valence-corrected chi connectivity index (χ0v) is 19.4. The van der Waals surface area contributed by atoms with Crippen molar-refractivity contribution in [1.82, 2.24) is 0 Å². The molecule has 5 rings (SSSR count). The molecule has 6 heteroatoms. The fourth-order valence-electron chi connectivity index (χ4n) is 3.63. The molecule has 1 amide bonds. The summed E-state index contributed by atoms with van der Waals surface area (Å²) in [7, 11) is 0. The summed E-state index contributed by atoms with van der Waals surface area (Å²) in [5.41, 5.74) is 2.33. The SMILES string of the molecule is O=C1/C(=C\c2cccc(Oc3ccccc3)c2)N=C(c2ccccc2)N1c1cc(Cl)ccc1Cl. The Bertz CT molecular complexity index is 1420. The first-order valence-electron chi connectivity index (χ1n) is 10.6. The summed E-state index contributed by atoms with van der Waals surface area (Å²) in [5, 5.41) is 0.878. The number of halogens is 2. The van der Waals surface area contributed by atoms with Crippen molar-refractivity contribution in [2.24, 2.45) is 4.99 Å². The number of ether oxygens (including phenoxy) is 1. The van der Waals surface area contributed by atoms with Crippen LogP contribution in [0.3, 0.4) is 0 Å². The largest absolute Gasteiger partial charge is 0.457 e. The lowest BCUT2D eigenvalue weighted by Crippen LogP contribution is -2.32. The highest BCUT2D eigenvalue weighted by atomic mass is 35.5. The number of benzene rings is 4. The van der Waals surface area contributed by atoms with E-state index in [-0.39, 0.29) is 11.6 Å². The van der Waals surface area contributed by atoms with Crippen molar-refractivity contribution < 1.29 is 9.53 Å². The zero-order chi connectivity index (χ0) is 23.5. The van der Waals surface area contributed by atoms with E-state index in [1.807, 2.05) is 84.9 Å². The van der Waals surface area contributed by atoms with Gasteiger partial charge in [0.1, 0.15) is 23.0 Å². The maximum Gasteiger partial charge on any atom is 0.282 e. The molecule has 0 bridgehead atoms. The third kappa shape index (κ3) is 4.60. The monoisotopic (exact) mass is 484 g/mol. The summed E-state index contributed by atoms with van der Waals surface area (Å²) in [5.74, 6) is 1.58. The number of carbonyl (C=O) groups is 1. The first-order chi connectivity index (χ1) is 16.6. The molecule has 0 N–H and O–H groups in total. The average molecular weight is 485 g/mol. The summed E-state index contributed by atoms with van der Waals surface area (Å²) in [6.45, 7) is 0. The van der Waals surface area contributed by atoms with Crippen molar-refractivity contribution in [2.45, 2.75) is 0 Å². The average Bonchev–Trinajstić information content (AvgIpc) is 3.17. The summed E-state index contributed by atoms with van der Waals surface area (Å²) in [6.07, 6.45) is 1.74. The Balaban J connectivity index is 1.54. The van der Waals surface area contributed by atoms with Gasteiger partial charge in [-0.05, 0) is 54.1 Å². The highest BCUT2D eigenvalue weighted by Gasteiger charge is 2.33. The number of carbonyl (C=O) groups excluding carboxylic acids is 1. The number of nitrogens with zero attached hydrogens (tertiary/aromatic N) is 2. The normalized spacial score (nSPS) is 14.4. The van der Waals surface area contributed by atoms with Crippen LogP contribution in [0.15, 0.2) is 114 Å². The molecule has 0 unspecified atom stereocenters. The fourth-order valence-corrected chi connectivity index (χ4v) is 4.00. The van der Waals surface area contributed by atoms with Gasteiger partial charge >= 0.3 is 0 Å². The van der Waals surface area contributed by atoms with E-state index in [4.69, 9.17) is 27.9 Å². The third-order valence-corrected chi connectivity index (χ3v) is 5.74. The van der Waals surface area contributed by atoms with Crippen LogP contribution in [0.4, 0.5) is 5.69 Å². The van der Waals surface area contributed by atoms with Gasteiger partial charge in [0, 0.05) is 10.6 Å². The van der Waals surface area contributed by atoms with E-state index in [0.717, 1.165) is 16.9 Å². The van der Waals surface area contributed by atoms with Crippen molar-refractivity contribution in [1.29, 1.82) is 0 Å². The van der Waals surface area contributed by atoms with Crippen molar-refractivity contribution >= 4 is 46.7 Å². The van der Waals surface area contributed by atoms with Crippen molar-refractivity contribution in [3.63, 3.8) is 0 Å². The van der Waals surface area contributed by atoms with Crippen molar-refractivity contribution in [3.05, 3.63) is 130 Å². The van der Waals surface area contributed by atoms with Crippen LogP contribution >= 0.6 is 23.2 Å². The van der Waals surface area contributed by atoms with Crippen LogP contribution < -0.4 is 9.64 Å². The Hall–Kier alpha value is -3.86. The van der Waals surface area contributed by atoms with E-state index in [1.54, 1.807) is 24.3 Å². The Morgan fingerprint density at radius 1 is 0.765 bits per heavy atom. The maximum atomic E-state index is 13.5. The Kier molecular flexibility index (Phi) is 6.17. The molecule has 4 aromatic rings. The summed E-state index contributed by atoms with van der Waals surface area (Å²) < 4.78 is 5.93. The van der Waals surface area contributed by atoms with Gasteiger partial charge in [0.05, 0.1) is 10.7 Å². The van der Waals surface area contributed by atoms with Gasteiger partial charge in [-0.2, -0.15) is 0 Å². The first kappa shape index (κ1) is 22.0. The lowest BCUT2D eigenvalue weighted by Gasteiger charge is -2.20. The number of amidine groups is 1. The molecule has 0 aliphatic carbocycles. The fraction of sp³-hybridized carbons (Fsp3) is 0. The molecule has 0 atom stereocenters. The van der Waals surface area contributed by atoms with E-state index < -0.39 is 0 Å².